The van der Waals surface area contributed by atoms with Crippen molar-refractivity contribution in [1.82, 2.24) is 9.78 Å². The maximum Gasteiger partial charge on any atom is 0.338 e. The van der Waals surface area contributed by atoms with E-state index in [1.54, 1.807) is 37.4 Å². The highest BCUT2D eigenvalue weighted by Crippen LogP contribution is 2.20. The molecule has 0 saturated heterocycles. The number of benzene rings is 2. The maximum atomic E-state index is 12.6. The fourth-order valence-electron chi connectivity index (χ4n) is 2.68. The van der Waals surface area contributed by atoms with Gasteiger partial charge in [-0.1, -0.05) is 0 Å². The zero-order valence-corrected chi connectivity index (χ0v) is 16.3. The third-order valence-corrected chi connectivity index (χ3v) is 4.13. The first-order chi connectivity index (χ1) is 14.8. The van der Waals surface area contributed by atoms with Gasteiger partial charge in [-0.25, -0.2) is 9.48 Å². The molecular weight excluding hydrogens is 406 g/mol. The minimum absolute atomic E-state index is 0.0699. The Labute approximate surface area is 175 Å². The zero-order chi connectivity index (χ0) is 22.5. The normalized spacial score (nSPS) is 10.4. The van der Waals surface area contributed by atoms with E-state index in [9.17, 15) is 24.5 Å². The van der Waals surface area contributed by atoms with Gasteiger partial charge in [0.2, 0.25) is 0 Å². The monoisotopic (exact) mass is 423 g/mol. The lowest BCUT2D eigenvalue weighted by Crippen LogP contribution is -2.14. The summed E-state index contributed by atoms with van der Waals surface area (Å²) in [6.45, 7) is 1.69. The first kappa shape index (κ1) is 21.2. The van der Waals surface area contributed by atoms with E-state index in [2.05, 4.69) is 10.4 Å². The van der Waals surface area contributed by atoms with Crippen LogP contribution in [0.3, 0.4) is 0 Å². The summed E-state index contributed by atoms with van der Waals surface area (Å²) in [5.41, 5.74) is 5.74. The number of amides is 2. The first-order valence-electron chi connectivity index (χ1n) is 9.02. The highest BCUT2D eigenvalue weighted by atomic mass is 16.6. The maximum absolute atomic E-state index is 12.6. The minimum Gasteiger partial charge on any atom is -0.462 e. The van der Waals surface area contributed by atoms with Crippen molar-refractivity contribution in [1.29, 1.82) is 0 Å². The summed E-state index contributed by atoms with van der Waals surface area (Å²) in [5, 5.41) is 17.8. The lowest BCUT2D eigenvalue weighted by Gasteiger charge is -2.08. The Balaban J connectivity index is 1.81. The van der Waals surface area contributed by atoms with Crippen LogP contribution in [0.4, 0.5) is 11.4 Å². The van der Waals surface area contributed by atoms with Crippen molar-refractivity contribution in [2.24, 2.45) is 5.73 Å². The highest BCUT2D eigenvalue weighted by Gasteiger charge is 2.19. The van der Waals surface area contributed by atoms with Crippen LogP contribution < -0.4 is 11.1 Å². The van der Waals surface area contributed by atoms with Gasteiger partial charge in [-0.15, -0.1) is 0 Å². The SMILES string of the molecule is CCOC(=O)c1cc(C(=O)Nc2ccc(-n3ccc(C(N)=O)n3)cc2)cc([N+](=O)[O-])c1. The van der Waals surface area contributed by atoms with Crippen LogP contribution in [0, 0.1) is 10.1 Å². The summed E-state index contributed by atoms with van der Waals surface area (Å²) in [6, 6.07) is 11.3. The Morgan fingerprint density at radius 1 is 1.13 bits per heavy atom. The minimum atomic E-state index is -0.765. The predicted molar refractivity (Wildman–Crippen MR) is 109 cm³/mol. The van der Waals surface area contributed by atoms with Gasteiger partial charge in [0.15, 0.2) is 0 Å². The molecule has 3 rings (SSSR count). The number of carbonyl (C=O) groups is 3. The van der Waals surface area contributed by atoms with E-state index >= 15 is 0 Å². The van der Waals surface area contributed by atoms with Crippen molar-refractivity contribution in [3.05, 3.63) is 81.7 Å². The van der Waals surface area contributed by atoms with E-state index in [1.165, 1.54) is 16.8 Å². The molecular formula is C20H17N5O6. The van der Waals surface area contributed by atoms with Gasteiger partial charge in [-0.05, 0) is 43.3 Å². The molecule has 3 aromatic rings. The largest absolute Gasteiger partial charge is 0.462 e. The van der Waals surface area contributed by atoms with E-state index in [0.717, 1.165) is 12.1 Å². The number of aromatic nitrogens is 2. The molecule has 1 aromatic heterocycles. The van der Waals surface area contributed by atoms with Gasteiger partial charge in [0.25, 0.3) is 17.5 Å². The molecule has 0 aliphatic rings. The van der Waals surface area contributed by atoms with Crippen LogP contribution in [0.1, 0.15) is 38.1 Å². The van der Waals surface area contributed by atoms with Crippen LogP contribution in [-0.2, 0) is 4.74 Å². The van der Waals surface area contributed by atoms with Gasteiger partial charge in [0.1, 0.15) is 5.69 Å². The smallest absolute Gasteiger partial charge is 0.338 e. The van der Waals surface area contributed by atoms with Gasteiger partial charge >= 0.3 is 5.97 Å². The fourth-order valence-corrected chi connectivity index (χ4v) is 2.68. The molecule has 0 bridgehead atoms. The Morgan fingerprint density at radius 3 is 2.39 bits per heavy atom. The van der Waals surface area contributed by atoms with E-state index in [-0.39, 0.29) is 23.4 Å². The second-order valence-corrected chi connectivity index (χ2v) is 6.26. The number of hydrogen-bond acceptors (Lipinski definition) is 7. The molecule has 2 aromatic carbocycles. The number of hydrogen-bond donors (Lipinski definition) is 2. The number of nitro groups is 1. The average Bonchev–Trinajstić information content (AvgIpc) is 3.24. The molecule has 31 heavy (non-hydrogen) atoms. The van der Waals surface area contributed by atoms with Crippen molar-refractivity contribution in [3.63, 3.8) is 0 Å². The van der Waals surface area contributed by atoms with Crippen LogP contribution in [0.25, 0.3) is 5.69 Å². The van der Waals surface area contributed by atoms with Crippen molar-refractivity contribution in [3.8, 4) is 5.69 Å². The molecule has 1 heterocycles. The molecule has 2 amide bonds. The second kappa shape index (κ2) is 8.86. The first-order valence-corrected chi connectivity index (χ1v) is 9.02. The van der Waals surface area contributed by atoms with Gasteiger partial charge in [0, 0.05) is 29.6 Å². The zero-order valence-electron chi connectivity index (χ0n) is 16.3. The number of non-ortho nitro benzene ring substituents is 1. The standard InChI is InChI=1S/C20H17N5O6/c1-2-31-20(28)13-9-12(10-16(11-13)25(29)30)19(27)22-14-3-5-15(6-4-14)24-8-7-17(23-24)18(21)26/h3-11H,2H2,1H3,(H2,21,26)(H,22,27). The molecule has 3 N–H and O–H groups in total. The van der Waals surface area contributed by atoms with Gasteiger partial charge in [-0.3, -0.25) is 19.7 Å². The summed E-state index contributed by atoms with van der Waals surface area (Å²) in [6.07, 6.45) is 1.56. The van der Waals surface area contributed by atoms with Crippen molar-refractivity contribution in [2.45, 2.75) is 6.92 Å². The highest BCUT2D eigenvalue weighted by molar-refractivity contribution is 6.06. The fraction of sp³-hybridized carbons (Fsp3) is 0.100. The summed E-state index contributed by atoms with van der Waals surface area (Å²) in [5.74, 6) is -2.06. The number of nitrogens with two attached hydrogens (primary N) is 1. The predicted octanol–water partition coefficient (Wildman–Crippen LogP) is 2.31. The van der Waals surface area contributed by atoms with Crippen LogP contribution in [0.2, 0.25) is 0 Å². The van der Waals surface area contributed by atoms with Gasteiger partial charge in [-0.2, -0.15) is 5.10 Å². The van der Waals surface area contributed by atoms with E-state index in [1.807, 2.05) is 0 Å². The number of esters is 1. The number of carbonyl (C=O) groups excluding carboxylic acids is 3. The number of ether oxygens (including phenoxy) is 1. The molecule has 158 valence electrons. The van der Waals surface area contributed by atoms with Crippen molar-refractivity contribution >= 4 is 29.2 Å². The quantitative estimate of drug-likeness (QED) is 0.335. The Kier molecular flexibility index (Phi) is 6.05. The van der Waals surface area contributed by atoms with Gasteiger partial charge in [0.05, 0.1) is 22.8 Å². The van der Waals surface area contributed by atoms with Crippen LogP contribution in [0.5, 0.6) is 0 Å². The van der Waals surface area contributed by atoms with E-state index in [4.69, 9.17) is 10.5 Å². The summed E-state index contributed by atoms with van der Waals surface area (Å²) >= 11 is 0. The number of nitro benzene ring substituents is 1. The van der Waals surface area contributed by atoms with Gasteiger partial charge < -0.3 is 15.8 Å². The molecule has 0 aliphatic heterocycles. The molecule has 0 fully saturated rings. The van der Waals surface area contributed by atoms with E-state index in [0.29, 0.717) is 11.4 Å². The topological polar surface area (TPSA) is 159 Å². The average molecular weight is 423 g/mol. The Bertz CT molecular complexity index is 1170. The second-order valence-electron chi connectivity index (χ2n) is 6.26. The van der Waals surface area contributed by atoms with Crippen LogP contribution in [0.15, 0.2) is 54.7 Å². The van der Waals surface area contributed by atoms with Crippen LogP contribution in [-0.4, -0.2) is 39.1 Å². The number of primary amides is 1. The third-order valence-electron chi connectivity index (χ3n) is 4.13. The summed E-state index contributed by atoms with van der Waals surface area (Å²) < 4.78 is 6.30. The molecule has 0 spiro atoms. The summed E-state index contributed by atoms with van der Waals surface area (Å²) in [7, 11) is 0. The Morgan fingerprint density at radius 2 is 1.81 bits per heavy atom. The summed E-state index contributed by atoms with van der Waals surface area (Å²) in [4.78, 5) is 46.2. The number of nitrogens with zero attached hydrogens (tertiary/aromatic N) is 3. The number of nitrogens with one attached hydrogen (secondary N) is 1. The molecule has 0 atom stereocenters. The number of rotatable bonds is 7. The van der Waals surface area contributed by atoms with E-state index < -0.39 is 28.4 Å². The van der Waals surface area contributed by atoms with Crippen molar-refractivity contribution < 1.29 is 24.0 Å². The van der Waals surface area contributed by atoms with Crippen molar-refractivity contribution in [2.75, 3.05) is 11.9 Å². The molecule has 0 radical (unpaired) electrons. The third kappa shape index (κ3) is 4.90. The molecule has 11 heteroatoms. The van der Waals surface area contributed by atoms with Crippen LogP contribution >= 0.6 is 0 Å². The Hall–Kier alpha value is -4.54. The number of anilines is 1. The molecule has 0 unspecified atom stereocenters. The molecule has 0 saturated carbocycles. The lowest BCUT2D eigenvalue weighted by molar-refractivity contribution is -0.384. The molecule has 11 nitrogen and oxygen atoms in total. The molecule has 0 aliphatic carbocycles. The lowest BCUT2D eigenvalue weighted by atomic mass is 10.1.